The first-order valence-corrected chi connectivity index (χ1v) is 4.62. The van der Waals surface area contributed by atoms with Crippen molar-refractivity contribution < 1.29 is 0 Å². The lowest BCUT2D eigenvalue weighted by Crippen LogP contribution is -2.64. The third kappa shape index (κ3) is 1.46. The van der Waals surface area contributed by atoms with Gasteiger partial charge in [0.15, 0.2) is 5.96 Å². The Bertz CT molecular complexity index is 257. The molecule has 13 heavy (non-hydrogen) atoms. The number of nitrogens with one attached hydrogen (secondary N) is 2. The Morgan fingerprint density at radius 3 is 3.23 bits per heavy atom. The van der Waals surface area contributed by atoms with E-state index in [0.29, 0.717) is 6.17 Å². The summed E-state index contributed by atoms with van der Waals surface area (Å²) in [6, 6.07) is 0. The molecular weight excluding hydrogens is 166 g/mol. The normalized spacial score (nSPS) is 30.3. The number of hydrogen-bond donors (Lipinski definition) is 2. The van der Waals surface area contributed by atoms with Gasteiger partial charge in [-0.2, -0.15) is 0 Å². The van der Waals surface area contributed by atoms with Crippen molar-refractivity contribution in [1.29, 1.82) is 0 Å². The molecule has 2 aliphatic rings. The maximum atomic E-state index is 4.41. The molecule has 0 amide bonds. The fraction of sp³-hybridized carbons (Fsp3) is 0.750. The molecule has 5 heteroatoms. The molecule has 0 aliphatic carbocycles. The molecule has 0 bridgehead atoms. The predicted octanol–water partition coefficient (Wildman–Crippen LogP) is -0.427. The van der Waals surface area contributed by atoms with Crippen molar-refractivity contribution in [3.8, 4) is 0 Å². The van der Waals surface area contributed by atoms with Crippen LogP contribution in [0.3, 0.4) is 0 Å². The van der Waals surface area contributed by atoms with E-state index in [0.717, 1.165) is 31.4 Å². The van der Waals surface area contributed by atoms with Gasteiger partial charge in [0, 0.05) is 20.1 Å². The summed E-state index contributed by atoms with van der Waals surface area (Å²) < 4.78 is 0. The predicted molar refractivity (Wildman–Crippen MR) is 52.7 cm³/mol. The molecule has 0 radical (unpaired) electrons. The first-order chi connectivity index (χ1) is 6.31. The topological polar surface area (TPSA) is 52.0 Å². The molecule has 5 nitrogen and oxygen atoms in total. The summed E-state index contributed by atoms with van der Waals surface area (Å²) >= 11 is 0. The maximum absolute atomic E-state index is 4.41. The van der Waals surface area contributed by atoms with Crippen LogP contribution in [0.5, 0.6) is 0 Å². The van der Waals surface area contributed by atoms with Crippen LogP contribution in [0.25, 0.3) is 0 Å². The molecule has 0 spiro atoms. The number of guanidine groups is 2. The minimum Gasteiger partial charge on any atom is -0.336 e. The van der Waals surface area contributed by atoms with E-state index in [1.165, 1.54) is 0 Å². The first kappa shape index (κ1) is 8.34. The monoisotopic (exact) mass is 181 g/mol. The molecule has 2 N–H and O–H groups in total. The Hall–Kier alpha value is -1.26. The van der Waals surface area contributed by atoms with Gasteiger partial charge in [0.05, 0.1) is 0 Å². The molecule has 72 valence electrons. The summed E-state index contributed by atoms with van der Waals surface area (Å²) in [4.78, 5) is 10.7. The van der Waals surface area contributed by atoms with Crippen LogP contribution >= 0.6 is 0 Å². The average molecular weight is 181 g/mol. The van der Waals surface area contributed by atoms with Crippen molar-refractivity contribution >= 4 is 11.9 Å². The Labute approximate surface area is 77.9 Å². The average Bonchev–Trinajstić information content (AvgIpc) is 2.18. The summed E-state index contributed by atoms with van der Waals surface area (Å²) in [5.74, 6) is 1.77. The Balaban J connectivity index is 2.19. The Morgan fingerprint density at radius 2 is 2.46 bits per heavy atom. The van der Waals surface area contributed by atoms with E-state index in [9.17, 15) is 0 Å². The summed E-state index contributed by atoms with van der Waals surface area (Å²) in [6.07, 6.45) is 1.43. The fourth-order valence-electron chi connectivity index (χ4n) is 1.65. The van der Waals surface area contributed by atoms with Gasteiger partial charge in [-0.25, -0.2) is 0 Å². The van der Waals surface area contributed by atoms with Crippen molar-refractivity contribution in [2.24, 2.45) is 9.98 Å². The molecule has 0 saturated carbocycles. The van der Waals surface area contributed by atoms with Crippen LogP contribution in [0.4, 0.5) is 0 Å². The van der Waals surface area contributed by atoms with Gasteiger partial charge < -0.3 is 10.2 Å². The summed E-state index contributed by atoms with van der Waals surface area (Å²) in [5, 5.41) is 6.40. The smallest absolute Gasteiger partial charge is 0.202 e. The molecule has 1 atom stereocenters. The van der Waals surface area contributed by atoms with E-state index in [-0.39, 0.29) is 0 Å². The molecule has 0 aromatic carbocycles. The van der Waals surface area contributed by atoms with Gasteiger partial charge in [0.25, 0.3) is 0 Å². The second-order valence-electron chi connectivity index (χ2n) is 3.27. The van der Waals surface area contributed by atoms with Crippen molar-refractivity contribution in [1.82, 2.24) is 15.5 Å². The molecule has 1 fully saturated rings. The zero-order chi connectivity index (χ0) is 9.26. The van der Waals surface area contributed by atoms with Crippen LogP contribution in [0.2, 0.25) is 0 Å². The van der Waals surface area contributed by atoms with E-state index in [4.69, 9.17) is 0 Å². The van der Waals surface area contributed by atoms with Crippen molar-refractivity contribution in [2.75, 3.05) is 20.1 Å². The van der Waals surface area contributed by atoms with Gasteiger partial charge in [-0.1, -0.05) is 0 Å². The third-order valence-corrected chi connectivity index (χ3v) is 2.36. The third-order valence-electron chi connectivity index (χ3n) is 2.36. The molecule has 1 unspecified atom stereocenters. The second kappa shape index (κ2) is 3.24. The van der Waals surface area contributed by atoms with Crippen LogP contribution in [-0.4, -0.2) is 43.1 Å². The molecule has 1 saturated heterocycles. The lowest BCUT2D eigenvalue weighted by Gasteiger charge is -2.40. The summed E-state index contributed by atoms with van der Waals surface area (Å²) in [7, 11) is 1.76. The quantitative estimate of drug-likeness (QED) is 0.533. The number of fused-ring (bicyclic) bond motifs is 1. The van der Waals surface area contributed by atoms with E-state index in [2.05, 4.69) is 32.4 Å². The first-order valence-electron chi connectivity index (χ1n) is 4.62. The number of hydrogen-bond acceptors (Lipinski definition) is 3. The number of nitrogens with zero attached hydrogens (tertiary/aromatic N) is 3. The van der Waals surface area contributed by atoms with Gasteiger partial charge in [-0.3, -0.25) is 15.3 Å². The highest BCUT2D eigenvalue weighted by Crippen LogP contribution is 2.07. The van der Waals surface area contributed by atoms with E-state index in [1.54, 1.807) is 7.05 Å². The van der Waals surface area contributed by atoms with Crippen LogP contribution < -0.4 is 10.6 Å². The van der Waals surface area contributed by atoms with Crippen molar-refractivity contribution in [3.05, 3.63) is 0 Å². The zero-order valence-corrected chi connectivity index (χ0v) is 8.04. The van der Waals surface area contributed by atoms with Gasteiger partial charge >= 0.3 is 0 Å². The molecule has 2 heterocycles. The van der Waals surface area contributed by atoms with E-state index in [1.807, 2.05) is 0 Å². The molecular formula is C8H15N5. The number of aliphatic imine (C=N–C) groups is 2. The maximum Gasteiger partial charge on any atom is 0.202 e. The highest BCUT2D eigenvalue weighted by Gasteiger charge is 2.26. The fourth-order valence-corrected chi connectivity index (χ4v) is 1.65. The lowest BCUT2D eigenvalue weighted by molar-refractivity contribution is 0.277. The van der Waals surface area contributed by atoms with Crippen molar-refractivity contribution in [2.45, 2.75) is 19.5 Å². The lowest BCUT2D eigenvalue weighted by atomic mass is 10.3. The number of rotatable bonds is 0. The van der Waals surface area contributed by atoms with Crippen LogP contribution in [0.15, 0.2) is 9.98 Å². The SMILES string of the molecule is CN=C1NC2=NCCCN2C(C)N1. The Morgan fingerprint density at radius 1 is 1.62 bits per heavy atom. The van der Waals surface area contributed by atoms with E-state index >= 15 is 0 Å². The highest BCUT2D eigenvalue weighted by atomic mass is 15.5. The summed E-state index contributed by atoms with van der Waals surface area (Å²) in [5.41, 5.74) is 0. The van der Waals surface area contributed by atoms with Gasteiger partial charge in [0.2, 0.25) is 5.96 Å². The minimum absolute atomic E-state index is 0.291. The van der Waals surface area contributed by atoms with Gasteiger partial charge in [-0.05, 0) is 13.3 Å². The van der Waals surface area contributed by atoms with Crippen LogP contribution in [-0.2, 0) is 0 Å². The molecule has 2 aliphatic heterocycles. The standard InChI is InChI=1S/C8H15N5/c1-6-11-7(9-2)12-8-10-4-3-5-13(6)8/h6H,3-5H2,1-2H3,(H2,9,10,11,12). The van der Waals surface area contributed by atoms with Crippen molar-refractivity contribution in [3.63, 3.8) is 0 Å². The largest absolute Gasteiger partial charge is 0.336 e. The second-order valence-corrected chi connectivity index (χ2v) is 3.27. The van der Waals surface area contributed by atoms with Gasteiger partial charge in [0.1, 0.15) is 6.17 Å². The molecule has 2 rings (SSSR count). The van der Waals surface area contributed by atoms with Crippen LogP contribution in [0.1, 0.15) is 13.3 Å². The highest BCUT2D eigenvalue weighted by molar-refractivity contribution is 6.01. The summed E-state index contributed by atoms with van der Waals surface area (Å²) in [6.45, 7) is 4.10. The zero-order valence-electron chi connectivity index (χ0n) is 8.04. The van der Waals surface area contributed by atoms with Gasteiger partial charge in [-0.15, -0.1) is 0 Å². The Kier molecular flexibility index (Phi) is 2.08. The molecule has 0 aromatic heterocycles. The minimum atomic E-state index is 0.291. The molecule has 0 aromatic rings. The van der Waals surface area contributed by atoms with Crippen LogP contribution in [0, 0.1) is 0 Å². The van der Waals surface area contributed by atoms with E-state index < -0.39 is 0 Å².